The van der Waals surface area contributed by atoms with Gasteiger partial charge in [0.05, 0.1) is 0 Å². The first-order chi connectivity index (χ1) is 13.7. The number of pyridine rings is 1. The van der Waals surface area contributed by atoms with Crippen molar-refractivity contribution in [1.82, 2.24) is 19.9 Å². The Kier molecular flexibility index (Phi) is 5.28. The van der Waals surface area contributed by atoms with Gasteiger partial charge in [0.15, 0.2) is 0 Å². The van der Waals surface area contributed by atoms with Crippen LogP contribution in [0.3, 0.4) is 0 Å². The molecule has 0 unspecified atom stereocenters. The first kappa shape index (κ1) is 18.1. The van der Waals surface area contributed by atoms with Gasteiger partial charge in [-0.3, -0.25) is 9.78 Å². The molecule has 3 heterocycles. The summed E-state index contributed by atoms with van der Waals surface area (Å²) in [5, 5.41) is 0. The van der Waals surface area contributed by atoms with Crippen molar-refractivity contribution in [2.24, 2.45) is 0 Å². The molecule has 6 heteroatoms. The highest BCUT2D eigenvalue weighted by Gasteiger charge is 2.23. The summed E-state index contributed by atoms with van der Waals surface area (Å²) >= 11 is 0. The average Bonchev–Trinajstić information content (AvgIpc) is 2.77. The normalized spacial score (nSPS) is 13.1. The number of aromatic nitrogens is 3. The number of anilines is 1. The first-order valence-corrected chi connectivity index (χ1v) is 9.50. The number of benzene rings is 1. The van der Waals surface area contributed by atoms with E-state index in [1.165, 1.54) is 16.7 Å². The number of carbonyl (C=O) groups excluding carboxylic acids is 1. The Labute approximate surface area is 164 Å². The van der Waals surface area contributed by atoms with Crippen molar-refractivity contribution in [2.75, 3.05) is 25.0 Å². The lowest BCUT2D eigenvalue weighted by atomic mass is 10.00. The number of hydrogen-bond acceptors (Lipinski definition) is 5. The summed E-state index contributed by atoms with van der Waals surface area (Å²) < 4.78 is 0. The highest BCUT2D eigenvalue weighted by molar-refractivity contribution is 5.92. The molecule has 1 aliphatic heterocycles. The predicted molar refractivity (Wildman–Crippen MR) is 108 cm³/mol. The van der Waals surface area contributed by atoms with Gasteiger partial charge in [-0.25, -0.2) is 9.97 Å². The maximum absolute atomic E-state index is 13.0. The molecule has 28 heavy (non-hydrogen) atoms. The highest BCUT2D eigenvalue weighted by Crippen LogP contribution is 2.20. The Morgan fingerprint density at radius 3 is 2.68 bits per heavy atom. The van der Waals surface area contributed by atoms with Gasteiger partial charge in [-0.2, -0.15) is 0 Å². The van der Waals surface area contributed by atoms with Crippen LogP contribution in [0.4, 0.5) is 5.95 Å². The third-order valence-corrected chi connectivity index (χ3v) is 5.11. The lowest BCUT2D eigenvalue weighted by Crippen LogP contribution is -2.36. The van der Waals surface area contributed by atoms with E-state index in [-0.39, 0.29) is 5.91 Å². The summed E-state index contributed by atoms with van der Waals surface area (Å²) in [6.45, 7) is 2.11. The van der Waals surface area contributed by atoms with Crippen molar-refractivity contribution in [1.29, 1.82) is 0 Å². The van der Waals surface area contributed by atoms with E-state index in [1.54, 1.807) is 24.7 Å². The molecule has 0 atom stereocenters. The zero-order chi connectivity index (χ0) is 19.3. The van der Waals surface area contributed by atoms with Gasteiger partial charge in [-0.1, -0.05) is 24.3 Å². The molecule has 0 radical (unpaired) electrons. The maximum atomic E-state index is 13.0. The van der Waals surface area contributed by atoms with E-state index in [0.717, 1.165) is 19.4 Å². The Bertz CT molecular complexity index is 960. The SMILES string of the molecule is CN(CCc1ccncc1)c1nccc(C(=O)N2CCc3ccccc3C2)n1. The van der Waals surface area contributed by atoms with Crippen LogP contribution < -0.4 is 4.90 Å². The molecule has 0 fully saturated rings. The summed E-state index contributed by atoms with van der Waals surface area (Å²) in [6.07, 6.45) is 7.00. The minimum atomic E-state index is -0.0410. The number of nitrogens with zero attached hydrogens (tertiary/aromatic N) is 5. The van der Waals surface area contributed by atoms with E-state index >= 15 is 0 Å². The fraction of sp³-hybridized carbons (Fsp3) is 0.273. The topological polar surface area (TPSA) is 62.2 Å². The van der Waals surface area contributed by atoms with Gasteiger partial charge < -0.3 is 9.80 Å². The minimum Gasteiger partial charge on any atom is -0.344 e. The zero-order valence-corrected chi connectivity index (χ0v) is 16.0. The van der Waals surface area contributed by atoms with Crippen LogP contribution in [-0.2, 0) is 19.4 Å². The average molecular weight is 373 g/mol. The molecule has 1 aromatic carbocycles. The van der Waals surface area contributed by atoms with Crippen molar-refractivity contribution in [3.63, 3.8) is 0 Å². The van der Waals surface area contributed by atoms with Gasteiger partial charge >= 0.3 is 0 Å². The van der Waals surface area contributed by atoms with Crippen molar-refractivity contribution in [3.05, 3.63) is 83.4 Å². The zero-order valence-electron chi connectivity index (χ0n) is 16.0. The molecule has 2 aromatic heterocycles. The van der Waals surface area contributed by atoms with Crippen LogP contribution in [0.25, 0.3) is 0 Å². The Morgan fingerprint density at radius 1 is 1.07 bits per heavy atom. The molecule has 0 N–H and O–H groups in total. The van der Waals surface area contributed by atoms with Crippen LogP contribution in [-0.4, -0.2) is 45.9 Å². The molecular weight excluding hydrogens is 350 g/mol. The van der Waals surface area contributed by atoms with Crippen LogP contribution >= 0.6 is 0 Å². The molecular formula is C22H23N5O. The number of likely N-dealkylation sites (N-methyl/N-ethyl adjacent to an activating group) is 1. The Balaban J connectivity index is 1.44. The van der Waals surface area contributed by atoms with E-state index in [2.05, 4.69) is 33.2 Å². The second kappa shape index (κ2) is 8.17. The lowest BCUT2D eigenvalue weighted by Gasteiger charge is -2.28. The fourth-order valence-electron chi connectivity index (χ4n) is 3.43. The summed E-state index contributed by atoms with van der Waals surface area (Å²) in [5.41, 5.74) is 4.19. The van der Waals surface area contributed by atoms with Crippen LogP contribution in [0.1, 0.15) is 27.2 Å². The van der Waals surface area contributed by atoms with E-state index in [1.807, 2.05) is 35.0 Å². The molecule has 0 bridgehead atoms. The van der Waals surface area contributed by atoms with Crippen molar-refractivity contribution < 1.29 is 4.79 Å². The van der Waals surface area contributed by atoms with Crippen LogP contribution in [0.15, 0.2) is 61.1 Å². The van der Waals surface area contributed by atoms with E-state index < -0.39 is 0 Å². The third kappa shape index (κ3) is 4.01. The maximum Gasteiger partial charge on any atom is 0.272 e. The molecule has 6 nitrogen and oxygen atoms in total. The van der Waals surface area contributed by atoms with Crippen molar-refractivity contribution in [2.45, 2.75) is 19.4 Å². The summed E-state index contributed by atoms with van der Waals surface area (Å²) in [4.78, 5) is 29.7. The monoisotopic (exact) mass is 373 g/mol. The molecule has 142 valence electrons. The standard InChI is InChI=1S/C22H23N5O/c1-26(14-9-17-6-11-23-12-7-17)22-24-13-8-20(25-22)21(28)27-15-10-18-4-2-3-5-19(18)16-27/h2-8,11-13H,9-10,14-16H2,1H3. The number of amides is 1. The van der Waals surface area contributed by atoms with Crippen LogP contribution in [0, 0.1) is 0 Å². The predicted octanol–water partition coefficient (Wildman–Crippen LogP) is 2.75. The molecule has 0 aliphatic carbocycles. The molecule has 0 saturated heterocycles. The van der Waals surface area contributed by atoms with Crippen molar-refractivity contribution >= 4 is 11.9 Å². The van der Waals surface area contributed by atoms with Gasteiger partial charge in [0.25, 0.3) is 5.91 Å². The summed E-state index contributed by atoms with van der Waals surface area (Å²) in [6, 6.07) is 14.0. The summed E-state index contributed by atoms with van der Waals surface area (Å²) in [5.74, 6) is 0.526. The third-order valence-electron chi connectivity index (χ3n) is 5.11. The second-order valence-corrected chi connectivity index (χ2v) is 7.01. The smallest absolute Gasteiger partial charge is 0.272 e. The number of carbonyl (C=O) groups is 1. The summed E-state index contributed by atoms with van der Waals surface area (Å²) in [7, 11) is 1.95. The molecule has 0 spiro atoms. The van der Waals surface area contributed by atoms with Gasteiger partial charge in [0.2, 0.25) is 5.95 Å². The van der Waals surface area contributed by atoms with Gasteiger partial charge in [0.1, 0.15) is 5.69 Å². The quantitative estimate of drug-likeness (QED) is 0.688. The molecule has 1 aliphatic rings. The molecule has 1 amide bonds. The van der Waals surface area contributed by atoms with Crippen molar-refractivity contribution in [3.8, 4) is 0 Å². The first-order valence-electron chi connectivity index (χ1n) is 9.50. The number of fused-ring (bicyclic) bond motifs is 1. The second-order valence-electron chi connectivity index (χ2n) is 7.01. The minimum absolute atomic E-state index is 0.0410. The van der Waals surface area contributed by atoms with Gasteiger partial charge in [-0.05, 0) is 47.7 Å². The molecule has 0 saturated carbocycles. The number of rotatable bonds is 5. The van der Waals surface area contributed by atoms with Gasteiger partial charge in [-0.15, -0.1) is 0 Å². The molecule has 4 rings (SSSR count). The fourth-order valence-corrected chi connectivity index (χ4v) is 3.43. The highest BCUT2D eigenvalue weighted by atomic mass is 16.2. The van der Waals surface area contributed by atoms with Crippen LogP contribution in [0.5, 0.6) is 0 Å². The van der Waals surface area contributed by atoms with E-state index in [0.29, 0.717) is 24.7 Å². The van der Waals surface area contributed by atoms with E-state index in [9.17, 15) is 4.79 Å². The van der Waals surface area contributed by atoms with Crippen LogP contribution in [0.2, 0.25) is 0 Å². The van der Waals surface area contributed by atoms with Gasteiger partial charge in [0, 0.05) is 45.3 Å². The largest absolute Gasteiger partial charge is 0.344 e. The Morgan fingerprint density at radius 2 is 1.86 bits per heavy atom. The van der Waals surface area contributed by atoms with E-state index in [4.69, 9.17) is 0 Å². The Hall–Kier alpha value is -3.28. The lowest BCUT2D eigenvalue weighted by molar-refractivity contribution is 0.0728. The number of hydrogen-bond donors (Lipinski definition) is 0. The molecule has 3 aromatic rings.